The van der Waals surface area contributed by atoms with Gasteiger partial charge in [0.15, 0.2) is 18.1 Å². The third kappa shape index (κ3) is 5.97. The molecule has 0 aliphatic carbocycles. The maximum absolute atomic E-state index is 12.9. The van der Waals surface area contributed by atoms with Gasteiger partial charge >= 0.3 is 0 Å². The molecule has 150 valence electrons. The van der Waals surface area contributed by atoms with Crippen molar-refractivity contribution in [3.05, 3.63) is 53.8 Å². The van der Waals surface area contributed by atoms with Gasteiger partial charge in [-0.3, -0.25) is 9.59 Å². The zero-order valence-corrected chi connectivity index (χ0v) is 16.3. The van der Waals surface area contributed by atoms with Crippen molar-refractivity contribution < 1.29 is 23.5 Å². The Bertz CT molecular complexity index is 805. The lowest BCUT2D eigenvalue weighted by Crippen LogP contribution is -2.33. The first-order valence-corrected chi connectivity index (χ1v) is 9.13. The fraction of sp³-hybridized carbons (Fsp3) is 0.333. The number of benzene rings is 2. The summed E-state index contributed by atoms with van der Waals surface area (Å²) in [6, 6.07) is 10.3. The molecule has 2 aromatic rings. The summed E-state index contributed by atoms with van der Waals surface area (Å²) in [6.07, 6.45) is 1.70. The van der Waals surface area contributed by atoms with Crippen LogP contribution in [0.1, 0.15) is 37.0 Å². The minimum absolute atomic E-state index is 0.115. The average molecular weight is 388 g/mol. The summed E-state index contributed by atoms with van der Waals surface area (Å²) in [7, 11) is 1.46. The van der Waals surface area contributed by atoms with E-state index in [0.29, 0.717) is 22.7 Å². The van der Waals surface area contributed by atoms with E-state index in [4.69, 9.17) is 9.47 Å². The van der Waals surface area contributed by atoms with Crippen molar-refractivity contribution >= 4 is 17.5 Å². The summed E-state index contributed by atoms with van der Waals surface area (Å²) in [5.41, 5.74) is 0.919. The number of rotatable bonds is 9. The van der Waals surface area contributed by atoms with Gasteiger partial charge < -0.3 is 20.1 Å². The van der Waals surface area contributed by atoms with Crippen LogP contribution >= 0.6 is 0 Å². The number of methoxy groups -OCH3 is 1. The molecule has 0 atom stereocenters. The number of halogens is 1. The third-order valence-electron chi connectivity index (χ3n) is 4.23. The van der Waals surface area contributed by atoms with Gasteiger partial charge in [-0.2, -0.15) is 0 Å². The molecule has 0 radical (unpaired) electrons. The Labute approximate surface area is 164 Å². The van der Waals surface area contributed by atoms with E-state index in [1.54, 1.807) is 18.2 Å². The van der Waals surface area contributed by atoms with Crippen molar-refractivity contribution in [1.82, 2.24) is 5.32 Å². The van der Waals surface area contributed by atoms with Gasteiger partial charge in [-0.05, 0) is 55.3 Å². The Kier molecular flexibility index (Phi) is 7.80. The van der Waals surface area contributed by atoms with Gasteiger partial charge in [0.1, 0.15) is 5.82 Å². The number of ether oxygens (including phenoxy) is 2. The third-order valence-corrected chi connectivity index (χ3v) is 4.23. The summed E-state index contributed by atoms with van der Waals surface area (Å²) in [5, 5.41) is 5.56. The summed E-state index contributed by atoms with van der Waals surface area (Å²) in [6.45, 7) is 3.78. The Morgan fingerprint density at radius 2 is 1.71 bits per heavy atom. The number of carbonyl (C=O) groups is 2. The van der Waals surface area contributed by atoms with Gasteiger partial charge in [0, 0.05) is 17.3 Å². The quantitative estimate of drug-likeness (QED) is 0.686. The molecule has 2 N–H and O–H groups in total. The van der Waals surface area contributed by atoms with Crippen LogP contribution in [0.2, 0.25) is 0 Å². The molecule has 0 aromatic heterocycles. The summed E-state index contributed by atoms with van der Waals surface area (Å²) in [4.78, 5) is 24.3. The van der Waals surface area contributed by atoms with Gasteiger partial charge in [-0.1, -0.05) is 13.8 Å². The minimum Gasteiger partial charge on any atom is -0.493 e. The lowest BCUT2D eigenvalue weighted by atomic mass is 10.1. The van der Waals surface area contributed by atoms with Crippen LogP contribution in [0.5, 0.6) is 11.5 Å². The molecule has 0 bridgehead atoms. The topological polar surface area (TPSA) is 76.7 Å². The van der Waals surface area contributed by atoms with E-state index in [1.165, 1.54) is 31.4 Å². The predicted molar refractivity (Wildman–Crippen MR) is 105 cm³/mol. The van der Waals surface area contributed by atoms with Crippen LogP contribution in [0.25, 0.3) is 0 Å². The average Bonchev–Trinajstić information content (AvgIpc) is 2.71. The zero-order chi connectivity index (χ0) is 20.5. The lowest BCUT2D eigenvalue weighted by Gasteiger charge is -2.16. The Morgan fingerprint density at radius 3 is 2.32 bits per heavy atom. The molecular weight excluding hydrogens is 363 g/mol. The van der Waals surface area contributed by atoms with Crippen molar-refractivity contribution in [1.29, 1.82) is 0 Å². The monoisotopic (exact) mass is 388 g/mol. The highest BCUT2D eigenvalue weighted by molar-refractivity contribution is 5.95. The molecule has 0 saturated carbocycles. The predicted octanol–water partition coefficient (Wildman–Crippen LogP) is 3.77. The Hall–Kier alpha value is -3.09. The molecule has 7 heteroatoms. The van der Waals surface area contributed by atoms with Gasteiger partial charge in [0.05, 0.1) is 7.11 Å². The number of anilines is 1. The smallest absolute Gasteiger partial charge is 0.262 e. The molecule has 0 saturated heterocycles. The van der Waals surface area contributed by atoms with Crippen LogP contribution in [0, 0.1) is 5.82 Å². The van der Waals surface area contributed by atoms with Gasteiger partial charge in [0.25, 0.3) is 11.8 Å². The molecule has 28 heavy (non-hydrogen) atoms. The van der Waals surface area contributed by atoms with E-state index in [1.807, 2.05) is 13.8 Å². The highest BCUT2D eigenvalue weighted by Crippen LogP contribution is 2.28. The van der Waals surface area contributed by atoms with Crippen LogP contribution in [0.15, 0.2) is 42.5 Å². The molecule has 0 aliphatic rings. The SMILES string of the molecule is CCC(CC)NC(=O)c1ccc(OCC(=O)Nc2ccc(F)cc2)c(OC)c1. The lowest BCUT2D eigenvalue weighted by molar-refractivity contribution is -0.118. The van der Waals surface area contributed by atoms with Gasteiger partial charge in [0.2, 0.25) is 0 Å². The van der Waals surface area contributed by atoms with E-state index >= 15 is 0 Å². The van der Waals surface area contributed by atoms with Crippen molar-refractivity contribution in [2.75, 3.05) is 19.0 Å². The maximum atomic E-state index is 12.9. The molecule has 2 aromatic carbocycles. The van der Waals surface area contributed by atoms with E-state index in [0.717, 1.165) is 12.8 Å². The summed E-state index contributed by atoms with van der Waals surface area (Å²) in [5.74, 6) is -0.272. The Balaban J connectivity index is 1.98. The van der Waals surface area contributed by atoms with E-state index in [-0.39, 0.29) is 24.4 Å². The first-order chi connectivity index (χ1) is 13.5. The number of hydrogen-bond acceptors (Lipinski definition) is 4. The molecule has 0 fully saturated rings. The number of nitrogens with one attached hydrogen (secondary N) is 2. The fourth-order valence-electron chi connectivity index (χ4n) is 2.56. The molecule has 2 rings (SSSR count). The fourth-order valence-corrected chi connectivity index (χ4v) is 2.56. The van der Waals surface area contributed by atoms with Crippen LogP contribution in [-0.4, -0.2) is 31.6 Å². The second-order valence-electron chi connectivity index (χ2n) is 6.20. The molecule has 0 aliphatic heterocycles. The van der Waals surface area contributed by atoms with Crippen molar-refractivity contribution in [2.45, 2.75) is 32.7 Å². The van der Waals surface area contributed by atoms with E-state index in [2.05, 4.69) is 10.6 Å². The molecule has 2 amide bonds. The molecule has 6 nitrogen and oxygen atoms in total. The molecule has 0 heterocycles. The largest absolute Gasteiger partial charge is 0.493 e. The first kappa shape index (κ1) is 21.2. The maximum Gasteiger partial charge on any atom is 0.262 e. The number of amides is 2. The summed E-state index contributed by atoms with van der Waals surface area (Å²) >= 11 is 0. The number of carbonyl (C=O) groups excluding carboxylic acids is 2. The zero-order valence-electron chi connectivity index (χ0n) is 16.3. The van der Waals surface area contributed by atoms with E-state index < -0.39 is 5.91 Å². The van der Waals surface area contributed by atoms with Gasteiger partial charge in [-0.25, -0.2) is 4.39 Å². The van der Waals surface area contributed by atoms with Crippen LogP contribution in [0.4, 0.5) is 10.1 Å². The summed E-state index contributed by atoms with van der Waals surface area (Å²) < 4.78 is 23.7. The van der Waals surface area contributed by atoms with Crippen molar-refractivity contribution in [3.63, 3.8) is 0 Å². The number of hydrogen-bond donors (Lipinski definition) is 2. The molecule has 0 spiro atoms. The second-order valence-corrected chi connectivity index (χ2v) is 6.20. The molecule has 0 unspecified atom stereocenters. The second kappa shape index (κ2) is 10.3. The van der Waals surface area contributed by atoms with Gasteiger partial charge in [-0.15, -0.1) is 0 Å². The highest BCUT2D eigenvalue weighted by Gasteiger charge is 2.15. The van der Waals surface area contributed by atoms with E-state index in [9.17, 15) is 14.0 Å². The minimum atomic E-state index is -0.399. The normalized spacial score (nSPS) is 10.5. The van der Waals surface area contributed by atoms with Crippen molar-refractivity contribution in [2.24, 2.45) is 0 Å². The standard InChI is InChI=1S/C21H25FN2O4/c1-4-16(5-2)24-21(26)14-6-11-18(19(12-14)27-3)28-13-20(25)23-17-9-7-15(22)8-10-17/h6-12,16H,4-5,13H2,1-3H3,(H,23,25)(H,24,26). The van der Waals surface area contributed by atoms with Crippen LogP contribution in [-0.2, 0) is 4.79 Å². The Morgan fingerprint density at radius 1 is 1.04 bits per heavy atom. The van der Waals surface area contributed by atoms with Crippen LogP contribution in [0.3, 0.4) is 0 Å². The first-order valence-electron chi connectivity index (χ1n) is 9.13. The van der Waals surface area contributed by atoms with Crippen LogP contribution < -0.4 is 20.1 Å². The van der Waals surface area contributed by atoms with Crippen molar-refractivity contribution in [3.8, 4) is 11.5 Å². The molecular formula is C21H25FN2O4. The highest BCUT2D eigenvalue weighted by atomic mass is 19.1.